The molecule has 0 bridgehead atoms. The summed E-state index contributed by atoms with van der Waals surface area (Å²) in [7, 11) is 0. The molecule has 3 aromatic rings. The minimum absolute atomic E-state index is 0.0233. The fraction of sp³-hybridized carbons (Fsp3) is 0.250. The molecule has 2 aliphatic rings. The van der Waals surface area contributed by atoms with Gasteiger partial charge in [0, 0.05) is 23.4 Å². The van der Waals surface area contributed by atoms with Crippen molar-refractivity contribution in [2.24, 2.45) is 0 Å². The molecule has 1 aliphatic carbocycles. The van der Waals surface area contributed by atoms with Gasteiger partial charge in [-0.3, -0.25) is 9.59 Å². The second-order valence-electron chi connectivity index (χ2n) is 9.88. The van der Waals surface area contributed by atoms with Crippen LogP contribution < -0.4 is 19.1 Å². The molecule has 2 heterocycles. The number of halogens is 4. The number of benzene rings is 2. The maximum Gasteiger partial charge on any atom is 0.344 e. The van der Waals surface area contributed by atoms with E-state index in [2.05, 4.69) is 10.9 Å². The lowest BCUT2D eigenvalue weighted by Gasteiger charge is -2.19. The van der Waals surface area contributed by atoms with Crippen LogP contribution in [0, 0.1) is 24.0 Å². The summed E-state index contributed by atoms with van der Waals surface area (Å²) in [5.74, 6) is -0.445. The SMILES string of the molecule is C#CC(C)Oc1cc(N2C(=O)C3=C(CCCC3)C2=O)c(F)cc1Cl.C[C@@H](Oc1ccc(Oc2ncc(Cl)cc2F)cc1)C(=O)O. The number of amides is 2. The van der Waals surface area contributed by atoms with Gasteiger partial charge in [-0.05, 0) is 75.9 Å². The number of imide groups is 1. The zero-order valence-corrected chi connectivity index (χ0v) is 25.5. The molecule has 0 radical (unpaired) electrons. The number of anilines is 1. The largest absolute Gasteiger partial charge is 0.479 e. The molecule has 5 rings (SSSR count). The van der Waals surface area contributed by atoms with Gasteiger partial charge in [-0.1, -0.05) is 29.1 Å². The van der Waals surface area contributed by atoms with E-state index in [4.69, 9.17) is 48.9 Å². The van der Waals surface area contributed by atoms with E-state index in [0.29, 0.717) is 35.5 Å². The molecule has 1 N–H and O–H groups in total. The fourth-order valence-corrected chi connectivity index (χ4v) is 4.73. The van der Waals surface area contributed by atoms with E-state index in [9.17, 15) is 23.2 Å². The Morgan fingerprint density at radius 2 is 1.58 bits per heavy atom. The van der Waals surface area contributed by atoms with Crippen LogP contribution in [0.4, 0.5) is 14.5 Å². The number of aromatic nitrogens is 1. The number of terminal acetylenes is 1. The van der Waals surface area contributed by atoms with E-state index < -0.39 is 41.6 Å². The Morgan fingerprint density at radius 3 is 2.13 bits per heavy atom. The van der Waals surface area contributed by atoms with Crippen LogP contribution in [-0.2, 0) is 14.4 Å². The van der Waals surface area contributed by atoms with Crippen molar-refractivity contribution < 1.29 is 42.5 Å². The third kappa shape index (κ3) is 7.90. The predicted molar refractivity (Wildman–Crippen MR) is 162 cm³/mol. The number of hydrogen-bond donors (Lipinski definition) is 1. The van der Waals surface area contributed by atoms with E-state index in [1.54, 1.807) is 6.92 Å². The van der Waals surface area contributed by atoms with Gasteiger partial charge in [0.15, 0.2) is 18.0 Å². The van der Waals surface area contributed by atoms with Crippen molar-refractivity contribution in [1.82, 2.24) is 4.98 Å². The number of hydrogen-bond acceptors (Lipinski definition) is 7. The molecule has 13 heteroatoms. The molecule has 9 nitrogen and oxygen atoms in total. The summed E-state index contributed by atoms with van der Waals surface area (Å²) in [6.07, 6.45) is 7.77. The van der Waals surface area contributed by atoms with Crippen LogP contribution in [0.2, 0.25) is 10.0 Å². The number of carboxylic acids is 1. The van der Waals surface area contributed by atoms with Crippen molar-refractivity contribution in [2.75, 3.05) is 4.90 Å². The van der Waals surface area contributed by atoms with Crippen molar-refractivity contribution >= 4 is 46.7 Å². The lowest BCUT2D eigenvalue weighted by atomic mass is 9.93. The standard InChI is InChI=1S/C18H15ClFNO3.C14H11ClFNO4/c1-3-10(2)24-16-9-15(14(20)8-13(16)19)21-17(22)11-6-4-5-7-12(11)18(21)23;1-8(14(18)19)20-10-2-4-11(5-3-10)21-13-12(16)6-9(15)7-17-13/h1,8-10H,4-7H2,2H3;2-8H,1H3,(H,18,19)/t;8-/m.1/s1. The Bertz CT molecular complexity index is 1680. The third-order valence-corrected chi connectivity index (χ3v) is 7.15. The maximum absolute atomic E-state index is 14.4. The summed E-state index contributed by atoms with van der Waals surface area (Å²) < 4.78 is 43.7. The lowest BCUT2D eigenvalue weighted by Crippen LogP contribution is -2.32. The first-order valence-electron chi connectivity index (χ1n) is 13.6. The molecule has 2 atom stereocenters. The lowest BCUT2D eigenvalue weighted by molar-refractivity contribution is -0.144. The highest BCUT2D eigenvalue weighted by molar-refractivity contribution is 6.34. The minimum Gasteiger partial charge on any atom is -0.479 e. The molecule has 1 aliphatic heterocycles. The van der Waals surface area contributed by atoms with Gasteiger partial charge >= 0.3 is 5.97 Å². The highest BCUT2D eigenvalue weighted by Gasteiger charge is 2.41. The first-order valence-corrected chi connectivity index (χ1v) is 14.4. The number of carbonyl (C=O) groups excluding carboxylic acids is 2. The van der Waals surface area contributed by atoms with Crippen molar-refractivity contribution in [3.8, 4) is 35.5 Å². The van der Waals surface area contributed by atoms with Crippen molar-refractivity contribution in [3.63, 3.8) is 0 Å². The monoisotopic (exact) mass is 658 g/mol. The van der Waals surface area contributed by atoms with Gasteiger partial charge < -0.3 is 19.3 Å². The van der Waals surface area contributed by atoms with Gasteiger partial charge in [-0.2, -0.15) is 0 Å². The van der Waals surface area contributed by atoms with Crippen LogP contribution in [0.25, 0.3) is 0 Å². The third-order valence-electron chi connectivity index (χ3n) is 6.64. The molecule has 0 spiro atoms. The molecule has 234 valence electrons. The quantitative estimate of drug-likeness (QED) is 0.201. The first-order chi connectivity index (χ1) is 21.4. The molecule has 0 saturated carbocycles. The van der Waals surface area contributed by atoms with Crippen LogP contribution in [0.5, 0.6) is 23.1 Å². The van der Waals surface area contributed by atoms with E-state index >= 15 is 0 Å². The van der Waals surface area contributed by atoms with E-state index in [-0.39, 0.29) is 27.4 Å². The molecule has 45 heavy (non-hydrogen) atoms. The summed E-state index contributed by atoms with van der Waals surface area (Å²) in [5.41, 5.74) is 0.808. The van der Waals surface area contributed by atoms with Crippen LogP contribution in [0.1, 0.15) is 39.5 Å². The minimum atomic E-state index is -1.07. The van der Waals surface area contributed by atoms with Crippen LogP contribution in [0.3, 0.4) is 0 Å². The topological polar surface area (TPSA) is 115 Å². The van der Waals surface area contributed by atoms with Crippen LogP contribution in [-0.4, -0.2) is 40.1 Å². The maximum atomic E-state index is 14.4. The van der Waals surface area contributed by atoms with Gasteiger partial charge in [0.2, 0.25) is 0 Å². The second kappa shape index (κ2) is 14.4. The van der Waals surface area contributed by atoms with E-state index in [1.165, 1.54) is 43.5 Å². The Kier molecular flexibility index (Phi) is 10.6. The van der Waals surface area contributed by atoms with Crippen molar-refractivity contribution in [2.45, 2.75) is 51.7 Å². The zero-order valence-electron chi connectivity index (χ0n) is 24.0. The summed E-state index contributed by atoms with van der Waals surface area (Å²) in [4.78, 5) is 40.4. The fourth-order valence-electron chi connectivity index (χ4n) is 4.39. The molecule has 1 unspecified atom stereocenters. The molecule has 2 amide bonds. The van der Waals surface area contributed by atoms with E-state index in [1.807, 2.05) is 0 Å². The normalized spacial score (nSPS) is 15.4. The molecule has 0 saturated heterocycles. The smallest absolute Gasteiger partial charge is 0.344 e. The number of ether oxygens (including phenoxy) is 3. The Morgan fingerprint density at radius 1 is 0.978 bits per heavy atom. The highest BCUT2D eigenvalue weighted by atomic mass is 35.5. The average Bonchev–Trinajstić information content (AvgIpc) is 3.26. The summed E-state index contributed by atoms with van der Waals surface area (Å²) in [5, 5.41) is 8.93. The van der Waals surface area contributed by atoms with Gasteiger partial charge in [-0.15, -0.1) is 6.42 Å². The number of nitrogens with zero attached hydrogens (tertiary/aromatic N) is 2. The Labute approximate surface area is 267 Å². The second-order valence-corrected chi connectivity index (χ2v) is 10.7. The Balaban J connectivity index is 0.000000207. The predicted octanol–water partition coefficient (Wildman–Crippen LogP) is 7.14. The summed E-state index contributed by atoms with van der Waals surface area (Å²) in [6, 6.07) is 9.42. The van der Waals surface area contributed by atoms with Crippen LogP contribution >= 0.6 is 23.2 Å². The van der Waals surface area contributed by atoms with Gasteiger partial charge in [0.05, 0.1) is 15.7 Å². The molecule has 1 aromatic heterocycles. The van der Waals surface area contributed by atoms with Crippen molar-refractivity contribution in [1.29, 1.82) is 0 Å². The first kappa shape index (κ1) is 33.2. The van der Waals surface area contributed by atoms with Gasteiger partial charge in [0.1, 0.15) is 23.1 Å². The van der Waals surface area contributed by atoms with Gasteiger partial charge in [0.25, 0.3) is 17.7 Å². The molecule has 0 fully saturated rings. The van der Waals surface area contributed by atoms with Crippen LogP contribution in [0.15, 0.2) is 59.8 Å². The number of carboxylic acid groups (broad SMARTS) is 1. The Hall–Kier alpha value is -4.66. The summed E-state index contributed by atoms with van der Waals surface area (Å²) >= 11 is 11.6. The number of pyridine rings is 1. The molecular weight excluding hydrogens is 633 g/mol. The molecule has 2 aromatic carbocycles. The number of aliphatic carboxylic acids is 1. The van der Waals surface area contributed by atoms with Crippen molar-refractivity contribution in [3.05, 3.63) is 81.5 Å². The number of rotatable bonds is 8. The molecular formula is C32H26Cl2F2N2O7. The highest BCUT2D eigenvalue weighted by Crippen LogP contribution is 2.39. The average molecular weight is 659 g/mol. The van der Waals surface area contributed by atoms with Gasteiger partial charge in [-0.25, -0.2) is 23.5 Å². The number of carbonyl (C=O) groups is 3. The zero-order chi connectivity index (χ0) is 32.8. The van der Waals surface area contributed by atoms with E-state index in [0.717, 1.165) is 29.9 Å². The summed E-state index contributed by atoms with van der Waals surface area (Å²) in [6.45, 7) is 3.05.